The van der Waals surface area contributed by atoms with Gasteiger partial charge in [-0.3, -0.25) is 4.90 Å². The molecule has 1 amide bonds. The first kappa shape index (κ1) is 11.9. The topological polar surface area (TPSA) is 38.8 Å². The third-order valence-electron chi connectivity index (χ3n) is 2.85. The first-order valence-electron chi connectivity index (χ1n) is 5.72. The molecule has 0 spiro atoms. The van der Waals surface area contributed by atoms with Gasteiger partial charge in [0.1, 0.15) is 12.3 Å². The van der Waals surface area contributed by atoms with Crippen LogP contribution in [0.1, 0.15) is 19.4 Å². The van der Waals surface area contributed by atoms with Gasteiger partial charge in [-0.1, -0.05) is 30.3 Å². The normalized spacial score (nSPS) is 18.1. The molecule has 0 bridgehead atoms. The highest BCUT2D eigenvalue weighted by Crippen LogP contribution is 2.23. The van der Waals surface area contributed by atoms with E-state index in [1.54, 1.807) is 4.90 Å². The molecule has 17 heavy (non-hydrogen) atoms. The van der Waals surface area contributed by atoms with Crippen molar-refractivity contribution in [3.05, 3.63) is 35.9 Å². The number of hydrogen-bond acceptors (Lipinski definition) is 3. The van der Waals surface area contributed by atoms with Crippen molar-refractivity contribution in [1.29, 1.82) is 0 Å². The summed E-state index contributed by atoms with van der Waals surface area (Å²) in [6.07, 6.45) is -0.323. The Morgan fingerprint density at radius 3 is 2.71 bits per heavy atom. The second-order valence-electron chi connectivity index (χ2n) is 4.49. The van der Waals surface area contributed by atoms with Crippen molar-refractivity contribution in [2.24, 2.45) is 0 Å². The quantitative estimate of drug-likeness (QED) is 0.790. The Morgan fingerprint density at radius 2 is 2.12 bits per heavy atom. The van der Waals surface area contributed by atoms with Crippen LogP contribution in [0.3, 0.4) is 0 Å². The molecule has 0 saturated carbocycles. The van der Waals surface area contributed by atoms with Crippen LogP contribution in [0, 0.1) is 0 Å². The van der Waals surface area contributed by atoms with E-state index in [-0.39, 0.29) is 6.09 Å². The van der Waals surface area contributed by atoms with Crippen molar-refractivity contribution in [2.45, 2.75) is 26.2 Å². The van der Waals surface area contributed by atoms with Crippen LogP contribution < -0.4 is 0 Å². The summed E-state index contributed by atoms with van der Waals surface area (Å²) in [5.74, 6) is 0. The van der Waals surface area contributed by atoms with Crippen LogP contribution in [0.2, 0.25) is 0 Å². The van der Waals surface area contributed by atoms with Crippen LogP contribution in [0.4, 0.5) is 4.79 Å². The highest BCUT2D eigenvalue weighted by molar-refractivity contribution is 5.68. The van der Waals surface area contributed by atoms with E-state index in [0.717, 1.165) is 5.56 Å². The van der Waals surface area contributed by atoms with Gasteiger partial charge in [0.05, 0.1) is 13.2 Å². The minimum atomic E-state index is -0.562. The average Bonchev–Trinajstić information content (AvgIpc) is 2.67. The lowest BCUT2D eigenvalue weighted by Crippen LogP contribution is -2.43. The Hall–Kier alpha value is -1.55. The molecule has 0 N–H and O–H groups in total. The third-order valence-corrected chi connectivity index (χ3v) is 2.85. The molecule has 2 rings (SSSR count). The Kier molecular flexibility index (Phi) is 3.33. The van der Waals surface area contributed by atoms with E-state index >= 15 is 0 Å². The van der Waals surface area contributed by atoms with Gasteiger partial charge in [0.25, 0.3) is 0 Å². The molecular weight excluding hydrogens is 218 g/mol. The summed E-state index contributed by atoms with van der Waals surface area (Å²) in [5, 5.41) is 0. The van der Waals surface area contributed by atoms with Crippen molar-refractivity contribution in [1.82, 2.24) is 4.90 Å². The largest absolute Gasteiger partial charge is 0.444 e. The molecule has 1 aromatic rings. The van der Waals surface area contributed by atoms with Crippen LogP contribution >= 0.6 is 0 Å². The summed E-state index contributed by atoms with van der Waals surface area (Å²) in [5.41, 5.74) is 0.423. The van der Waals surface area contributed by atoms with Crippen LogP contribution in [-0.4, -0.2) is 29.9 Å². The second-order valence-corrected chi connectivity index (χ2v) is 4.49. The molecule has 0 aromatic heterocycles. The van der Waals surface area contributed by atoms with E-state index in [4.69, 9.17) is 9.47 Å². The van der Waals surface area contributed by atoms with Crippen molar-refractivity contribution >= 4 is 6.09 Å². The molecule has 0 aliphatic carbocycles. The Bertz CT molecular complexity index is 389. The van der Waals surface area contributed by atoms with Crippen molar-refractivity contribution in [2.75, 3.05) is 13.2 Å². The van der Waals surface area contributed by atoms with Crippen molar-refractivity contribution < 1.29 is 14.3 Å². The van der Waals surface area contributed by atoms with E-state index in [0.29, 0.717) is 19.8 Å². The molecular formula is C13H17NO3. The molecule has 1 saturated heterocycles. The molecule has 0 atom stereocenters. The molecule has 1 aromatic carbocycles. The Labute approximate surface area is 101 Å². The predicted octanol–water partition coefficient (Wildman–Crippen LogP) is 2.39. The van der Waals surface area contributed by atoms with E-state index in [2.05, 4.69) is 0 Å². The molecule has 0 radical (unpaired) electrons. The molecule has 1 heterocycles. The van der Waals surface area contributed by atoms with Crippen LogP contribution in [0.5, 0.6) is 0 Å². The summed E-state index contributed by atoms with van der Waals surface area (Å²) in [6, 6.07) is 9.64. The fraction of sp³-hybridized carbons (Fsp3) is 0.462. The number of amides is 1. The van der Waals surface area contributed by atoms with Gasteiger partial charge in [0.15, 0.2) is 0 Å². The standard InChI is InChI=1S/C13H17NO3/c1-13(2)14(8-9-17-13)12(15)16-10-11-6-4-3-5-7-11/h3-7H,8-10H2,1-2H3. The summed E-state index contributed by atoms with van der Waals surface area (Å²) < 4.78 is 10.7. The van der Waals surface area contributed by atoms with Crippen LogP contribution in [0.25, 0.3) is 0 Å². The first-order valence-corrected chi connectivity index (χ1v) is 5.72. The van der Waals surface area contributed by atoms with E-state index < -0.39 is 5.72 Å². The zero-order valence-corrected chi connectivity index (χ0v) is 10.2. The Morgan fingerprint density at radius 1 is 1.41 bits per heavy atom. The molecule has 1 fully saturated rings. The van der Waals surface area contributed by atoms with Crippen molar-refractivity contribution in [3.8, 4) is 0 Å². The maximum atomic E-state index is 11.9. The van der Waals surface area contributed by atoms with Gasteiger partial charge in [-0.15, -0.1) is 0 Å². The number of hydrogen-bond donors (Lipinski definition) is 0. The maximum Gasteiger partial charge on any atom is 0.412 e. The Balaban J connectivity index is 1.90. The molecule has 4 heteroatoms. The minimum Gasteiger partial charge on any atom is -0.444 e. The summed E-state index contributed by atoms with van der Waals surface area (Å²) in [7, 11) is 0. The number of ether oxygens (including phenoxy) is 2. The van der Waals surface area contributed by atoms with Gasteiger partial charge < -0.3 is 9.47 Å². The predicted molar refractivity (Wildman–Crippen MR) is 63.4 cm³/mol. The lowest BCUT2D eigenvalue weighted by molar-refractivity contribution is -0.0463. The third kappa shape index (κ3) is 2.77. The highest BCUT2D eigenvalue weighted by atomic mass is 16.6. The van der Waals surface area contributed by atoms with E-state index in [9.17, 15) is 4.79 Å². The number of rotatable bonds is 2. The van der Waals surface area contributed by atoms with Gasteiger partial charge in [-0.2, -0.15) is 0 Å². The second kappa shape index (κ2) is 4.75. The van der Waals surface area contributed by atoms with Gasteiger partial charge in [0, 0.05) is 0 Å². The molecule has 1 aliphatic heterocycles. The number of nitrogens with zero attached hydrogens (tertiary/aromatic N) is 1. The zero-order chi connectivity index (χ0) is 12.3. The van der Waals surface area contributed by atoms with E-state index in [1.807, 2.05) is 44.2 Å². The fourth-order valence-electron chi connectivity index (χ4n) is 1.84. The first-order chi connectivity index (χ1) is 8.09. The SMILES string of the molecule is CC1(C)OCCN1C(=O)OCc1ccccc1. The monoisotopic (exact) mass is 235 g/mol. The van der Waals surface area contributed by atoms with E-state index in [1.165, 1.54) is 0 Å². The minimum absolute atomic E-state index is 0.298. The van der Waals surface area contributed by atoms with Gasteiger partial charge in [-0.05, 0) is 19.4 Å². The lowest BCUT2D eigenvalue weighted by atomic mass is 10.2. The summed E-state index contributed by atoms with van der Waals surface area (Å²) in [6.45, 7) is 5.17. The maximum absolute atomic E-state index is 11.9. The van der Waals surface area contributed by atoms with Gasteiger partial charge in [0.2, 0.25) is 0 Å². The number of benzene rings is 1. The molecule has 92 valence electrons. The van der Waals surface area contributed by atoms with Crippen LogP contribution in [0.15, 0.2) is 30.3 Å². The van der Waals surface area contributed by atoms with Gasteiger partial charge in [-0.25, -0.2) is 4.79 Å². The lowest BCUT2D eigenvalue weighted by Gasteiger charge is -2.28. The van der Waals surface area contributed by atoms with Gasteiger partial charge >= 0.3 is 6.09 Å². The highest BCUT2D eigenvalue weighted by Gasteiger charge is 2.37. The summed E-state index contributed by atoms with van der Waals surface area (Å²) in [4.78, 5) is 13.5. The fourth-order valence-corrected chi connectivity index (χ4v) is 1.84. The van der Waals surface area contributed by atoms with Crippen molar-refractivity contribution in [3.63, 3.8) is 0 Å². The number of carbonyl (C=O) groups is 1. The summed E-state index contributed by atoms with van der Waals surface area (Å²) >= 11 is 0. The molecule has 4 nitrogen and oxygen atoms in total. The molecule has 1 aliphatic rings. The molecule has 0 unspecified atom stereocenters. The average molecular weight is 235 g/mol. The number of carbonyl (C=O) groups excluding carboxylic acids is 1. The smallest absolute Gasteiger partial charge is 0.412 e. The van der Waals surface area contributed by atoms with Crippen LogP contribution in [-0.2, 0) is 16.1 Å². The zero-order valence-electron chi connectivity index (χ0n) is 10.2.